The Bertz CT molecular complexity index is 1520. The number of benzene rings is 2. The van der Waals surface area contributed by atoms with Crippen molar-refractivity contribution >= 4 is 62.2 Å². The molecule has 0 radical (unpaired) electrons. The number of ether oxygens (including phenoxy) is 1. The molecule has 4 N–H and O–H groups in total. The summed E-state index contributed by atoms with van der Waals surface area (Å²) in [4.78, 5) is 35.6. The molecule has 2 heterocycles. The van der Waals surface area contributed by atoms with Gasteiger partial charge in [0, 0.05) is 24.8 Å². The smallest absolute Gasteiger partial charge is 0.325 e. The molecule has 1 aromatic heterocycles. The molecule has 1 fully saturated rings. The number of halogens is 1. The van der Waals surface area contributed by atoms with Gasteiger partial charge in [0.2, 0.25) is 11.9 Å². The molecule has 0 spiro atoms. The van der Waals surface area contributed by atoms with Crippen molar-refractivity contribution in [1.29, 1.82) is 0 Å². The number of rotatable bonds is 10. The van der Waals surface area contributed by atoms with Crippen LogP contribution < -0.4 is 26.0 Å². The minimum Gasteiger partial charge on any atom is -0.494 e. The van der Waals surface area contributed by atoms with Gasteiger partial charge >= 0.3 is 6.03 Å². The highest BCUT2D eigenvalue weighted by Crippen LogP contribution is 2.34. The Morgan fingerprint density at radius 1 is 1.15 bits per heavy atom. The number of primary amides is 1. The van der Waals surface area contributed by atoms with Gasteiger partial charge in [-0.1, -0.05) is 23.7 Å². The van der Waals surface area contributed by atoms with Crippen molar-refractivity contribution < 1.29 is 22.7 Å². The van der Waals surface area contributed by atoms with Gasteiger partial charge in [0.25, 0.3) is 0 Å². The number of nitrogens with zero attached hydrogens (tertiary/aromatic N) is 4. The minimum atomic E-state index is -3.57. The zero-order chi connectivity index (χ0) is 28.3. The number of anilines is 5. The van der Waals surface area contributed by atoms with Crippen LogP contribution in [0.25, 0.3) is 0 Å². The molecule has 3 aromatic rings. The lowest BCUT2D eigenvalue weighted by atomic mass is 10.2. The van der Waals surface area contributed by atoms with Gasteiger partial charge in [0.15, 0.2) is 15.7 Å². The minimum absolute atomic E-state index is 0.132. The van der Waals surface area contributed by atoms with Crippen LogP contribution >= 0.6 is 11.6 Å². The highest BCUT2D eigenvalue weighted by atomic mass is 35.5. The third-order valence-corrected chi connectivity index (χ3v) is 8.48. The summed E-state index contributed by atoms with van der Waals surface area (Å²) in [5.41, 5.74) is 6.65. The number of amides is 3. The van der Waals surface area contributed by atoms with E-state index in [-0.39, 0.29) is 34.3 Å². The molecule has 4 rings (SSSR count). The van der Waals surface area contributed by atoms with Gasteiger partial charge in [-0.05, 0) is 38.1 Å². The summed E-state index contributed by atoms with van der Waals surface area (Å²) in [6, 6.07) is 11.3. The van der Waals surface area contributed by atoms with Crippen LogP contribution in [0.1, 0.15) is 13.8 Å². The van der Waals surface area contributed by atoms with Crippen LogP contribution in [-0.2, 0) is 14.6 Å². The standard InChI is InChI=1S/C25H28ClN7O5S/c1-15(2)39(36,37)21-7-5-4-6-19(21)29-23-17(26)13-28-24(31-23)30-18-9-8-16(12-20(18)38-3)33-11-10-32(25(33)35)14-22(27)34/h4-9,12-13,15H,10-11,14H2,1-3H3,(H2,27,34)(H2,28,29,30,31). The Hall–Kier alpha value is -4.10. The summed E-state index contributed by atoms with van der Waals surface area (Å²) < 4.78 is 31.2. The molecule has 3 amide bonds. The second kappa shape index (κ2) is 11.3. The fourth-order valence-electron chi connectivity index (χ4n) is 3.94. The number of nitrogens with one attached hydrogen (secondary N) is 2. The second-order valence-corrected chi connectivity index (χ2v) is 11.8. The van der Waals surface area contributed by atoms with Crippen LogP contribution in [-0.4, -0.2) is 67.2 Å². The fourth-order valence-corrected chi connectivity index (χ4v) is 5.28. The lowest BCUT2D eigenvalue weighted by Gasteiger charge is -2.19. The number of carbonyl (C=O) groups is 2. The first-order valence-electron chi connectivity index (χ1n) is 11.9. The van der Waals surface area contributed by atoms with Crippen LogP contribution in [0, 0.1) is 0 Å². The Kier molecular flexibility index (Phi) is 8.11. The van der Waals surface area contributed by atoms with E-state index in [0.717, 1.165) is 0 Å². The van der Waals surface area contributed by atoms with Crippen LogP contribution in [0.4, 0.5) is 33.6 Å². The summed E-state index contributed by atoms with van der Waals surface area (Å²) in [5.74, 6) is 0.203. The van der Waals surface area contributed by atoms with Crippen molar-refractivity contribution in [3.63, 3.8) is 0 Å². The van der Waals surface area contributed by atoms with Gasteiger partial charge in [-0.25, -0.2) is 18.2 Å². The maximum Gasteiger partial charge on any atom is 0.325 e. The van der Waals surface area contributed by atoms with E-state index in [4.69, 9.17) is 22.1 Å². The molecular formula is C25H28ClN7O5S. The average Bonchev–Trinajstić information content (AvgIpc) is 3.25. The third-order valence-electron chi connectivity index (χ3n) is 6.00. The maximum absolute atomic E-state index is 12.8. The number of carbonyl (C=O) groups excluding carboxylic acids is 2. The summed E-state index contributed by atoms with van der Waals surface area (Å²) >= 11 is 6.33. The van der Waals surface area contributed by atoms with E-state index in [9.17, 15) is 18.0 Å². The van der Waals surface area contributed by atoms with Crippen molar-refractivity contribution in [1.82, 2.24) is 14.9 Å². The number of urea groups is 1. The first-order valence-corrected chi connectivity index (χ1v) is 13.9. The molecule has 2 aromatic carbocycles. The normalized spacial score (nSPS) is 13.6. The van der Waals surface area contributed by atoms with E-state index in [1.165, 1.54) is 29.2 Å². The number of hydrogen-bond donors (Lipinski definition) is 3. The van der Waals surface area contributed by atoms with Crippen LogP contribution in [0.5, 0.6) is 5.75 Å². The first kappa shape index (κ1) is 27.9. The Morgan fingerprint density at radius 2 is 1.90 bits per heavy atom. The van der Waals surface area contributed by atoms with E-state index in [1.54, 1.807) is 50.2 Å². The van der Waals surface area contributed by atoms with Gasteiger partial charge in [-0.3, -0.25) is 9.69 Å². The van der Waals surface area contributed by atoms with Crippen molar-refractivity contribution in [2.75, 3.05) is 42.3 Å². The quantitative estimate of drug-likeness (QED) is 0.329. The van der Waals surface area contributed by atoms with E-state index < -0.39 is 21.0 Å². The Morgan fingerprint density at radius 3 is 2.59 bits per heavy atom. The lowest BCUT2D eigenvalue weighted by molar-refractivity contribution is -0.118. The van der Waals surface area contributed by atoms with Crippen LogP contribution in [0.15, 0.2) is 53.6 Å². The average molecular weight is 574 g/mol. The summed E-state index contributed by atoms with van der Waals surface area (Å²) in [5, 5.41) is 5.65. The predicted octanol–water partition coefficient (Wildman–Crippen LogP) is 3.54. The van der Waals surface area contributed by atoms with E-state index in [2.05, 4.69) is 20.6 Å². The Balaban J connectivity index is 1.57. The van der Waals surface area contributed by atoms with Gasteiger partial charge in [-0.2, -0.15) is 4.98 Å². The van der Waals surface area contributed by atoms with E-state index in [1.807, 2.05) is 0 Å². The Labute approximate surface area is 231 Å². The topological polar surface area (TPSA) is 160 Å². The van der Waals surface area contributed by atoms with Gasteiger partial charge in [0.1, 0.15) is 17.3 Å². The number of sulfone groups is 1. The molecule has 0 saturated carbocycles. The summed E-state index contributed by atoms with van der Waals surface area (Å²) in [7, 11) is -2.08. The molecule has 1 saturated heterocycles. The van der Waals surface area contributed by atoms with Crippen molar-refractivity contribution in [2.24, 2.45) is 5.73 Å². The fraction of sp³-hybridized carbons (Fsp3) is 0.280. The van der Waals surface area contributed by atoms with Gasteiger partial charge in [0.05, 0.1) is 34.8 Å². The molecule has 0 atom stereocenters. The van der Waals surface area contributed by atoms with E-state index >= 15 is 0 Å². The van der Waals surface area contributed by atoms with E-state index in [0.29, 0.717) is 35.9 Å². The third kappa shape index (κ3) is 5.99. The van der Waals surface area contributed by atoms with Gasteiger partial charge in [-0.15, -0.1) is 0 Å². The largest absolute Gasteiger partial charge is 0.494 e. The highest BCUT2D eigenvalue weighted by molar-refractivity contribution is 7.92. The van der Waals surface area contributed by atoms with Crippen molar-refractivity contribution in [3.05, 3.63) is 53.7 Å². The molecule has 12 nitrogen and oxygen atoms in total. The van der Waals surface area contributed by atoms with Crippen molar-refractivity contribution in [3.8, 4) is 5.75 Å². The summed E-state index contributed by atoms with van der Waals surface area (Å²) in [6.07, 6.45) is 1.38. The van der Waals surface area contributed by atoms with Crippen LogP contribution in [0.3, 0.4) is 0 Å². The zero-order valence-corrected chi connectivity index (χ0v) is 23.1. The molecule has 39 heavy (non-hydrogen) atoms. The van der Waals surface area contributed by atoms with Crippen molar-refractivity contribution in [2.45, 2.75) is 24.0 Å². The maximum atomic E-state index is 12.8. The zero-order valence-electron chi connectivity index (χ0n) is 21.5. The SMILES string of the molecule is COc1cc(N2CCN(CC(N)=O)C2=O)ccc1Nc1ncc(Cl)c(Nc2ccccc2S(=O)(=O)C(C)C)n1. The second-order valence-electron chi connectivity index (χ2n) is 8.94. The monoisotopic (exact) mass is 573 g/mol. The number of para-hydroxylation sites is 1. The molecule has 0 bridgehead atoms. The molecule has 0 aliphatic carbocycles. The predicted molar refractivity (Wildman–Crippen MR) is 149 cm³/mol. The molecule has 1 aliphatic rings. The molecule has 14 heteroatoms. The number of nitrogens with two attached hydrogens (primary N) is 1. The number of methoxy groups -OCH3 is 1. The summed E-state index contributed by atoms with van der Waals surface area (Å²) in [6.45, 7) is 3.85. The first-order chi connectivity index (χ1) is 18.5. The molecule has 206 valence electrons. The lowest BCUT2D eigenvalue weighted by Crippen LogP contribution is -2.37. The van der Waals surface area contributed by atoms with Crippen LogP contribution in [0.2, 0.25) is 5.02 Å². The number of hydrogen-bond acceptors (Lipinski definition) is 9. The number of aromatic nitrogens is 2. The van der Waals surface area contributed by atoms with Gasteiger partial charge < -0.3 is 26.0 Å². The molecule has 1 aliphatic heterocycles. The molecule has 0 unspecified atom stereocenters. The highest BCUT2D eigenvalue weighted by Gasteiger charge is 2.31. The molecular weight excluding hydrogens is 546 g/mol.